The molecule has 0 saturated carbocycles. The molecule has 2 heterocycles. The van der Waals surface area contributed by atoms with Gasteiger partial charge in [0.15, 0.2) is 11.4 Å². The largest absolute Gasteiger partial charge is 0.483 e. The third kappa shape index (κ3) is 5.27. The van der Waals surface area contributed by atoms with E-state index >= 15 is 0 Å². The van der Waals surface area contributed by atoms with Gasteiger partial charge in [0.2, 0.25) is 5.43 Å². The van der Waals surface area contributed by atoms with E-state index in [-0.39, 0.29) is 35.6 Å². The van der Waals surface area contributed by atoms with E-state index in [4.69, 9.17) is 14.2 Å². The number of aromatic nitrogens is 1. The number of pyridine rings is 1. The van der Waals surface area contributed by atoms with Crippen LogP contribution in [0.25, 0.3) is 0 Å². The quantitative estimate of drug-likeness (QED) is 0.441. The molecule has 0 N–H and O–H groups in total. The first-order chi connectivity index (χ1) is 17.0. The summed E-state index contributed by atoms with van der Waals surface area (Å²) < 4.78 is 17.7. The highest BCUT2D eigenvalue weighted by molar-refractivity contribution is 5.98. The normalized spacial score (nSPS) is 15.0. The van der Waals surface area contributed by atoms with Gasteiger partial charge in [-0.3, -0.25) is 9.59 Å². The molecule has 35 heavy (non-hydrogen) atoms. The Kier molecular flexibility index (Phi) is 7.62. The van der Waals surface area contributed by atoms with Gasteiger partial charge in [0, 0.05) is 26.4 Å². The SMILES string of the molecule is COCCN1C[C@H](Cc2ccccc2)n2cc(C(=O)OC)c(=O)c(OCc3ccccc3)c2C1=O. The van der Waals surface area contributed by atoms with Crippen molar-refractivity contribution in [2.75, 3.05) is 33.9 Å². The van der Waals surface area contributed by atoms with Gasteiger partial charge in [0.25, 0.3) is 5.91 Å². The van der Waals surface area contributed by atoms with Crippen LogP contribution >= 0.6 is 0 Å². The lowest BCUT2D eigenvalue weighted by molar-refractivity contribution is 0.0566. The number of esters is 1. The number of fused-ring (bicyclic) bond motifs is 1. The zero-order chi connectivity index (χ0) is 24.8. The van der Waals surface area contributed by atoms with E-state index in [1.54, 1.807) is 16.6 Å². The van der Waals surface area contributed by atoms with Crippen molar-refractivity contribution in [2.45, 2.75) is 19.1 Å². The molecule has 4 rings (SSSR count). The summed E-state index contributed by atoms with van der Waals surface area (Å²) in [5.41, 5.74) is 1.18. The van der Waals surface area contributed by atoms with E-state index in [0.29, 0.717) is 26.1 Å². The Morgan fingerprint density at radius 2 is 1.63 bits per heavy atom. The number of amides is 1. The van der Waals surface area contributed by atoms with Crippen LogP contribution < -0.4 is 10.2 Å². The first-order valence-corrected chi connectivity index (χ1v) is 11.4. The van der Waals surface area contributed by atoms with E-state index in [2.05, 4.69) is 0 Å². The molecule has 0 radical (unpaired) electrons. The van der Waals surface area contributed by atoms with Crippen LogP contribution in [0, 0.1) is 0 Å². The molecule has 0 unspecified atom stereocenters. The zero-order valence-electron chi connectivity index (χ0n) is 19.8. The van der Waals surface area contributed by atoms with Gasteiger partial charge in [-0.25, -0.2) is 4.79 Å². The number of carbonyl (C=O) groups is 2. The maximum Gasteiger partial charge on any atom is 0.343 e. The highest BCUT2D eigenvalue weighted by Gasteiger charge is 2.36. The molecule has 8 heteroatoms. The monoisotopic (exact) mass is 476 g/mol. The second kappa shape index (κ2) is 11.0. The molecule has 0 aliphatic carbocycles. The van der Waals surface area contributed by atoms with Crippen molar-refractivity contribution in [3.8, 4) is 5.75 Å². The molecule has 0 bridgehead atoms. The lowest BCUT2D eigenvalue weighted by atomic mass is 10.0. The van der Waals surface area contributed by atoms with Crippen molar-refractivity contribution < 1.29 is 23.8 Å². The minimum absolute atomic E-state index is 0.0718. The smallest absolute Gasteiger partial charge is 0.343 e. The first-order valence-electron chi connectivity index (χ1n) is 11.4. The summed E-state index contributed by atoms with van der Waals surface area (Å²) in [6, 6.07) is 18.9. The van der Waals surface area contributed by atoms with E-state index in [0.717, 1.165) is 11.1 Å². The van der Waals surface area contributed by atoms with Crippen LogP contribution in [0.4, 0.5) is 0 Å². The molecule has 0 spiro atoms. The molecule has 182 valence electrons. The lowest BCUT2D eigenvalue weighted by Crippen LogP contribution is -2.47. The Hall–Kier alpha value is -3.91. The predicted octanol–water partition coefficient (Wildman–Crippen LogP) is 3.10. The van der Waals surface area contributed by atoms with E-state index in [9.17, 15) is 14.4 Å². The minimum atomic E-state index is -0.775. The summed E-state index contributed by atoms with van der Waals surface area (Å²) in [5, 5.41) is 0. The number of benzene rings is 2. The number of hydrogen-bond donors (Lipinski definition) is 0. The van der Waals surface area contributed by atoms with Crippen molar-refractivity contribution in [1.82, 2.24) is 9.47 Å². The highest BCUT2D eigenvalue weighted by Crippen LogP contribution is 2.30. The third-order valence-electron chi connectivity index (χ3n) is 6.02. The van der Waals surface area contributed by atoms with Gasteiger partial charge in [-0.2, -0.15) is 0 Å². The average Bonchev–Trinajstić information content (AvgIpc) is 2.89. The zero-order valence-corrected chi connectivity index (χ0v) is 19.8. The van der Waals surface area contributed by atoms with Crippen molar-refractivity contribution in [1.29, 1.82) is 0 Å². The van der Waals surface area contributed by atoms with Crippen LogP contribution in [0.1, 0.15) is 38.0 Å². The number of carbonyl (C=O) groups excluding carboxylic acids is 2. The summed E-state index contributed by atoms with van der Waals surface area (Å²) in [4.78, 5) is 41.1. The fourth-order valence-electron chi connectivity index (χ4n) is 4.24. The lowest BCUT2D eigenvalue weighted by Gasteiger charge is -2.37. The molecule has 0 fully saturated rings. The van der Waals surface area contributed by atoms with Crippen molar-refractivity contribution >= 4 is 11.9 Å². The second-order valence-electron chi connectivity index (χ2n) is 8.31. The molecular formula is C27H28N2O6. The summed E-state index contributed by atoms with van der Waals surface area (Å²) in [6.07, 6.45) is 2.02. The Balaban J connectivity index is 1.84. The maximum atomic E-state index is 13.6. The van der Waals surface area contributed by atoms with Gasteiger partial charge in [0.05, 0.1) is 19.8 Å². The summed E-state index contributed by atoms with van der Waals surface area (Å²) >= 11 is 0. The number of methoxy groups -OCH3 is 2. The van der Waals surface area contributed by atoms with Gasteiger partial charge in [-0.05, 0) is 17.5 Å². The van der Waals surface area contributed by atoms with Crippen LogP contribution in [-0.2, 0) is 22.5 Å². The van der Waals surface area contributed by atoms with Crippen LogP contribution in [0.5, 0.6) is 5.75 Å². The van der Waals surface area contributed by atoms with Gasteiger partial charge in [0.1, 0.15) is 12.2 Å². The highest BCUT2D eigenvalue weighted by atomic mass is 16.5. The molecule has 1 aliphatic rings. The maximum absolute atomic E-state index is 13.6. The van der Waals surface area contributed by atoms with Crippen LogP contribution in [0.3, 0.4) is 0 Å². The van der Waals surface area contributed by atoms with Gasteiger partial charge in [-0.15, -0.1) is 0 Å². The predicted molar refractivity (Wildman–Crippen MR) is 130 cm³/mol. The van der Waals surface area contributed by atoms with Crippen LogP contribution in [0.15, 0.2) is 71.7 Å². The Morgan fingerprint density at radius 3 is 2.26 bits per heavy atom. The molecule has 2 aromatic carbocycles. The Morgan fingerprint density at radius 1 is 0.971 bits per heavy atom. The molecule has 8 nitrogen and oxygen atoms in total. The van der Waals surface area contributed by atoms with Crippen LogP contribution in [-0.4, -0.2) is 55.3 Å². The molecule has 0 saturated heterocycles. The Labute approximate surface area is 203 Å². The summed E-state index contributed by atoms with van der Waals surface area (Å²) in [5.74, 6) is -1.27. The Bertz CT molecular complexity index is 1240. The van der Waals surface area contributed by atoms with Gasteiger partial charge >= 0.3 is 5.97 Å². The molecule has 1 amide bonds. The van der Waals surface area contributed by atoms with Crippen molar-refractivity contribution in [2.24, 2.45) is 0 Å². The standard InChI is InChI=1S/C27H28N2O6/c1-33-14-13-28-16-21(15-19-9-5-3-6-10-19)29-17-22(27(32)34-2)24(30)25(23(29)26(28)31)35-18-20-11-7-4-8-12-20/h3-12,17,21H,13-16,18H2,1-2H3/t21-/m0/s1. The summed E-state index contributed by atoms with van der Waals surface area (Å²) in [7, 11) is 2.79. The van der Waals surface area contributed by atoms with E-state index in [1.165, 1.54) is 13.3 Å². The molecule has 1 aromatic heterocycles. The molecule has 1 aliphatic heterocycles. The van der Waals surface area contributed by atoms with Crippen molar-refractivity contribution in [3.05, 3.63) is 99.5 Å². The number of hydrogen-bond acceptors (Lipinski definition) is 6. The number of ether oxygens (including phenoxy) is 3. The first kappa shape index (κ1) is 24.2. The van der Waals surface area contributed by atoms with Crippen molar-refractivity contribution in [3.63, 3.8) is 0 Å². The molecule has 1 atom stereocenters. The minimum Gasteiger partial charge on any atom is -0.483 e. The third-order valence-corrected chi connectivity index (χ3v) is 6.02. The van der Waals surface area contributed by atoms with Gasteiger partial charge in [-0.1, -0.05) is 60.7 Å². The van der Waals surface area contributed by atoms with E-state index in [1.807, 2.05) is 60.7 Å². The van der Waals surface area contributed by atoms with Crippen LogP contribution in [0.2, 0.25) is 0 Å². The number of rotatable bonds is 9. The topological polar surface area (TPSA) is 87.1 Å². The fourth-order valence-corrected chi connectivity index (χ4v) is 4.24. The second-order valence-corrected chi connectivity index (χ2v) is 8.31. The van der Waals surface area contributed by atoms with E-state index < -0.39 is 11.4 Å². The van der Waals surface area contributed by atoms with Gasteiger partial charge < -0.3 is 23.7 Å². The molecule has 3 aromatic rings. The fraction of sp³-hybridized carbons (Fsp3) is 0.296. The average molecular weight is 477 g/mol. The number of nitrogens with zero attached hydrogens (tertiary/aromatic N) is 2. The summed E-state index contributed by atoms with van der Waals surface area (Å²) in [6.45, 7) is 1.19. The molecular weight excluding hydrogens is 448 g/mol.